The molecule has 2 aromatic carbocycles. The summed E-state index contributed by atoms with van der Waals surface area (Å²) in [4.78, 5) is 27.4. The van der Waals surface area contributed by atoms with Gasteiger partial charge in [-0.2, -0.15) is 0 Å². The molecule has 0 heterocycles. The van der Waals surface area contributed by atoms with Gasteiger partial charge in [0.2, 0.25) is 21.8 Å². The average molecular weight is 542 g/mol. The third-order valence-electron chi connectivity index (χ3n) is 5.04. The van der Waals surface area contributed by atoms with Crippen molar-refractivity contribution in [3.05, 3.63) is 64.4 Å². The smallest absolute Gasteiger partial charge is 0.244 e. The Labute approximate surface area is 203 Å². The van der Waals surface area contributed by atoms with Gasteiger partial charge in [0.05, 0.1) is 11.9 Å². The van der Waals surface area contributed by atoms with E-state index < -0.39 is 34.3 Å². The molecule has 0 radical (unpaired) electrons. The molecule has 2 rings (SSSR count). The van der Waals surface area contributed by atoms with Gasteiger partial charge in [-0.05, 0) is 49.2 Å². The lowest BCUT2D eigenvalue weighted by atomic mass is 10.1. The SMILES string of the molecule is CCCCNC(=O)[C@H](C)N(Cc1ccc(F)cc1)C(=O)CN(c1cccc(Br)c1)S(C)(=O)=O. The first-order valence-electron chi connectivity index (χ1n) is 10.6. The number of hydrogen-bond donors (Lipinski definition) is 1. The van der Waals surface area contributed by atoms with Crippen molar-refractivity contribution in [3.8, 4) is 0 Å². The number of hydrogen-bond acceptors (Lipinski definition) is 4. The van der Waals surface area contributed by atoms with Gasteiger partial charge in [-0.25, -0.2) is 12.8 Å². The van der Waals surface area contributed by atoms with Gasteiger partial charge in [-0.1, -0.05) is 47.5 Å². The van der Waals surface area contributed by atoms with E-state index in [1.807, 2.05) is 6.92 Å². The van der Waals surface area contributed by atoms with Crippen LogP contribution in [0.25, 0.3) is 0 Å². The molecule has 180 valence electrons. The van der Waals surface area contributed by atoms with Crippen molar-refractivity contribution < 1.29 is 22.4 Å². The van der Waals surface area contributed by atoms with Crippen LogP contribution < -0.4 is 9.62 Å². The molecule has 0 spiro atoms. The predicted molar refractivity (Wildman–Crippen MR) is 131 cm³/mol. The second-order valence-corrected chi connectivity index (χ2v) is 10.5. The number of unbranched alkanes of at least 4 members (excludes halogenated alkanes) is 1. The maximum Gasteiger partial charge on any atom is 0.244 e. The number of benzene rings is 2. The number of carbonyl (C=O) groups is 2. The number of halogens is 2. The van der Waals surface area contributed by atoms with E-state index in [9.17, 15) is 22.4 Å². The molecule has 0 aliphatic rings. The minimum Gasteiger partial charge on any atom is -0.354 e. The molecular formula is C23H29BrFN3O4S. The van der Waals surface area contributed by atoms with Gasteiger partial charge in [0.25, 0.3) is 0 Å². The molecule has 1 N–H and O–H groups in total. The Morgan fingerprint density at radius 1 is 1.15 bits per heavy atom. The first-order chi connectivity index (χ1) is 15.5. The molecule has 0 saturated heterocycles. The summed E-state index contributed by atoms with van der Waals surface area (Å²) >= 11 is 3.31. The zero-order chi connectivity index (χ0) is 24.6. The number of anilines is 1. The maximum absolute atomic E-state index is 13.4. The molecule has 7 nitrogen and oxygen atoms in total. The summed E-state index contributed by atoms with van der Waals surface area (Å²) in [6.45, 7) is 3.61. The fourth-order valence-corrected chi connectivity index (χ4v) is 4.38. The zero-order valence-corrected chi connectivity index (χ0v) is 21.3. The van der Waals surface area contributed by atoms with Gasteiger partial charge in [0.15, 0.2) is 0 Å². The summed E-state index contributed by atoms with van der Waals surface area (Å²) in [7, 11) is -3.79. The molecule has 0 unspecified atom stereocenters. The Hall–Kier alpha value is -2.46. The molecule has 0 aliphatic heterocycles. The quantitative estimate of drug-likeness (QED) is 0.439. The van der Waals surface area contributed by atoms with Gasteiger partial charge in [-0.3, -0.25) is 13.9 Å². The lowest BCUT2D eigenvalue weighted by Gasteiger charge is -2.31. The van der Waals surface area contributed by atoms with E-state index in [4.69, 9.17) is 0 Å². The minimum absolute atomic E-state index is 0.0254. The second-order valence-electron chi connectivity index (χ2n) is 7.72. The lowest BCUT2D eigenvalue weighted by Crippen LogP contribution is -2.51. The number of rotatable bonds is 11. The molecule has 2 amide bonds. The molecule has 0 aromatic heterocycles. The van der Waals surface area contributed by atoms with Crippen molar-refractivity contribution in [2.45, 2.75) is 39.3 Å². The van der Waals surface area contributed by atoms with Crippen LogP contribution in [-0.2, 0) is 26.2 Å². The van der Waals surface area contributed by atoms with Crippen molar-refractivity contribution in [1.29, 1.82) is 0 Å². The van der Waals surface area contributed by atoms with Crippen molar-refractivity contribution in [2.24, 2.45) is 0 Å². The summed E-state index contributed by atoms with van der Waals surface area (Å²) in [5.41, 5.74) is 0.938. The first-order valence-corrected chi connectivity index (χ1v) is 13.2. The van der Waals surface area contributed by atoms with E-state index in [1.165, 1.54) is 29.2 Å². The van der Waals surface area contributed by atoms with Gasteiger partial charge in [0.1, 0.15) is 18.4 Å². The van der Waals surface area contributed by atoms with Crippen LogP contribution in [0.4, 0.5) is 10.1 Å². The van der Waals surface area contributed by atoms with Crippen molar-refractivity contribution in [2.75, 3.05) is 23.7 Å². The standard InChI is InChI=1S/C23H29BrFN3O4S/c1-4-5-13-26-23(30)17(2)27(15-18-9-11-20(25)12-10-18)22(29)16-28(33(3,31)32)21-8-6-7-19(24)14-21/h6-12,14,17H,4-5,13,15-16H2,1-3H3,(H,26,30)/t17-/m0/s1. The Morgan fingerprint density at radius 2 is 1.82 bits per heavy atom. The number of nitrogens with one attached hydrogen (secondary N) is 1. The van der Waals surface area contributed by atoms with Crippen LogP contribution in [0.1, 0.15) is 32.3 Å². The topological polar surface area (TPSA) is 86.8 Å². The highest BCUT2D eigenvalue weighted by Crippen LogP contribution is 2.23. The molecule has 10 heteroatoms. The highest BCUT2D eigenvalue weighted by Gasteiger charge is 2.30. The van der Waals surface area contributed by atoms with Crippen molar-refractivity contribution in [1.82, 2.24) is 10.2 Å². The summed E-state index contributed by atoms with van der Waals surface area (Å²) < 4.78 is 40.0. The fraction of sp³-hybridized carbons (Fsp3) is 0.391. The average Bonchev–Trinajstić information content (AvgIpc) is 2.75. The highest BCUT2D eigenvalue weighted by molar-refractivity contribution is 9.10. The second kappa shape index (κ2) is 12.1. The van der Waals surface area contributed by atoms with Crippen molar-refractivity contribution in [3.63, 3.8) is 0 Å². The van der Waals surface area contributed by atoms with Crippen LogP contribution in [0.15, 0.2) is 53.0 Å². The van der Waals surface area contributed by atoms with E-state index in [0.29, 0.717) is 22.3 Å². The Kier molecular flexibility index (Phi) is 9.85. The molecule has 1 atom stereocenters. The van der Waals surface area contributed by atoms with E-state index in [1.54, 1.807) is 31.2 Å². The van der Waals surface area contributed by atoms with E-state index in [2.05, 4.69) is 21.2 Å². The van der Waals surface area contributed by atoms with Gasteiger partial charge in [-0.15, -0.1) is 0 Å². The highest BCUT2D eigenvalue weighted by atomic mass is 79.9. The summed E-state index contributed by atoms with van der Waals surface area (Å²) in [5.74, 6) is -1.31. The number of carbonyl (C=O) groups excluding carboxylic acids is 2. The number of amides is 2. The zero-order valence-electron chi connectivity index (χ0n) is 18.9. The molecule has 33 heavy (non-hydrogen) atoms. The Morgan fingerprint density at radius 3 is 2.39 bits per heavy atom. The minimum atomic E-state index is -3.79. The van der Waals surface area contributed by atoms with Crippen molar-refractivity contribution >= 4 is 43.5 Å². The third-order valence-corrected chi connectivity index (χ3v) is 6.67. The van der Waals surface area contributed by atoms with Crippen LogP contribution in [0.5, 0.6) is 0 Å². The summed E-state index contributed by atoms with van der Waals surface area (Å²) in [6.07, 6.45) is 2.73. The molecule has 2 aromatic rings. The number of sulfonamides is 1. The Bertz CT molecular complexity index is 1060. The van der Waals surface area contributed by atoms with E-state index in [0.717, 1.165) is 23.4 Å². The van der Waals surface area contributed by atoms with E-state index in [-0.39, 0.29) is 12.5 Å². The molecular weight excluding hydrogens is 513 g/mol. The molecule has 0 aliphatic carbocycles. The van der Waals surface area contributed by atoms with Gasteiger partial charge < -0.3 is 10.2 Å². The lowest BCUT2D eigenvalue weighted by molar-refractivity contribution is -0.139. The largest absolute Gasteiger partial charge is 0.354 e. The van der Waals surface area contributed by atoms with Crippen LogP contribution in [0, 0.1) is 5.82 Å². The van der Waals surface area contributed by atoms with Crippen LogP contribution in [-0.4, -0.2) is 50.5 Å². The fourth-order valence-electron chi connectivity index (χ4n) is 3.15. The molecule has 0 saturated carbocycles. The summed E-state index contributed by atoms with van der Waals surface area (Å²) in [5, 5.41) is 2.81. The normalized spacial score (nSPS) is 12.2. The van der Waals surface area contributed by atoms with Crippen LogP contribution in [0.2, 0.25) is 0 Å². The van der Waals surface area contributed by atoms with E-state index >= 15 is 0 Å². The van der Waals surface area contributed by atoms with Gasteiger partial charge in [0, 0.05) is 17.6 Å². The monoisotopic (exact) mass is 541 g/mol. The predicted octanol–water partition coefficient (Wildman–Crippen LogP) is 3.69. The molecule has 0 bridgehead atoms. The van der Waals surface area contributed by atoms with Gasteiger partial charge >= 0.3 is 0 Å². The maximum atomic E-state index is 13.4. The Balaban J connectivity index is 2.33. The van der Waals surface area contributed by atoms with Crippen LogP contribution >= 0.6 is 15.9 Å². The summed E-state index contributed by atoms with van der Waals surface area (Å²) in [6, 6.07) is 11.3. The number of nitrogens with zero attached hydrogens (tertiary/aromatic N) is 2. The van der Waals surface area contributed by atoms with Crippen LogP contribution in [0.3, 0.4) is 0 Å². The molecule has 0 fully saturated rings. The third kappa shape index (κ3) is 8.12. The first kappa shape index (κ1) is 26.8.